The van der Waals surface area contributed by atoms with Gasteiger partial charge in [0.15, 0.2) is 0 Å². The quantitative estimate of drug-likeness (QED) is 0.252. The van der Waals surface area contributed by atoms with Gasteiger partial charge in [-0.25, -0.2) is 0 Å². The van der Waals surface area contributed by atoms with E-state index in [9.17, 15) is 51.8 Å². The van der Waals surface area contributed by atoms with Crippen molar-refractivity contribution in [1.29, 1.82) is 0 Å². The predicted molar refractivity (Wildman–Crippen MR) is 60.4 cm³/mol. The van der Waals surface area contributed by atoms with Crippen LogP contribution in [0, 0.1) is 11.8 Å². The second kappa shape index (κ2) is 11.1. The molecule has 0 N–H and O–H groups in total. The van der Waals surface area contributed by atoms with Crippen LogP contribution in [0.15, 0.2) is 24.3 Å². The van der Waals surface area contributed by atoms with Gasteiger partial charge in [0.05, 0.1) is 0 Å². The summed E-state index contributed by atoms with van der Waals surface area (Å²) in [6.07, 6.45) is 10.5. The van der Waals surface area contributed by atoms with Crippen LogP contribution in [-0.4, -0.2) is 21.8 Å². The van der Waals surface area contributed by atoms with Crippen LogP contribution in [0.3, 0.4) is 0 Å². The van der Waals surface area contributed by atoms with Crippen LogP contribution in [0.2, 0.25) is 0 Å². The Morgan fingerprint density at radius 1 is 0.478 bits per heavy atom. The molecule has 0 nitrogen and oxygen atoms in total. The third kappa shape index (κ3) is 44.9. The van der Waals surface area contributed by atoms with Crippen LogP contribution < -0.4 is 0 Å². The Bertz CT molecular complexity index is 285. The predicted octanol–water partition coefficient (Wildman–Crippen LogP) is 5.65. The van der Waals surface area contributed by atoms with Gasteiger partial charge < -0.3 is 51.8 Å². The standard InChI is InChI=1S/C7H8.3BF4.Rh/c1-2-7-4-3-6(1)5-7;3*2-1(3,4)5;/h1-4,6-7H,5H2;;;;/q;3*-1;+3. The van der Waals surface area contributed by atoms with Gasteiger partial charge in [-0.2, -0.15) is 0 Å². The fraction of sp³-hybridized carbons (Fsp3) is 0.429. The fourth-order valence-electron chi connectivity index (χ4n) is 1.33. The van der Waals surface area contributed by atoms with Crippen LogP contribution >= 0.6 is 0 Å². The molecule has 0 aromatic rings. The molecule has 0 saturated carbocycles. The first-order valence-electron chi connectivity index (χ1n) is 5.44. The van der Waals surface area contributed by atoms with E-state index in [4.69, 9.17) is 0 Å². The maximum absolute atomic E-state index is 9.75. The Morgan fingerprint density at radius 2 is 0.609 bits per heavy atom. The first kappa shape index (κ1) is 27.3. The molecule has 0 spiro atoms. The SMILES string of the molecule is C1=CC2C=CC1C2.F[B-](F)(F)F.F[B-](F)(F)F.F[B-](F)(F)F.[Rh+3]. The molecule has 0 amide bonds. The van der Waals surface area contributed by atoms with E-state index in [2.05, 4.69) is 24.3 Å². The van der Waals surface area contributed by atoms with Gasteiger partial charge in [0.25, 0.3) is 0 Å². The van der Waals surface area contributed by atoms with Crippen molar-refractivity contribution in [1.82, 2.24) is 0 Å². The fourth-order valence-corrected chi connectivity index (χ4v) is 1.33. The van der Waals surface area contributed by atoms with Crippen LogP contribution in [0.1, 0.15) is 6.42 Å². The van der Waals surface area contributed by atoms with E-state index in [1.54, 1.807) is 0 Å². The molecule has 0 atom stereocenters. The Kier molecular flexibility index (Phi) is 13.2. The number of hydrogen-bond donors (Lipinski definition) is 0. The summed E-state index contributed by atoms with van der Waals surface area (Å²) in [5.74, 6) is 1.62. The van der Waals surface area contributed by atoms with Crippen molar-refractivity contribution in [3.8, 4) is 0 Å². The van der Waals surface area contributed by atoms with E-state index in [1.165, 1.54) is 6.42 Å². The van der Waals surface area contributed by atoms with Gasteiger partial charge in [-0.1, -0.05) is 24.3 Å². The number of fused-ring (bicyclic) bond motifs is 2. The van der Waals surface area contributed by atoms with Crippen LogP contribution in [-0.2, 0) is 19.5 Å². The molecule has 0 aromatic heterocycles. The summed E-state index contributed by atoms with van der Waals surface area (Å²) in [7, 11) is -18.0. The van der Waals surface area contributed by atoms with E-state index in [-0.39, 0.29) is 19.5 Å². The average Bonchev–Trinajstić information content (AvgIpc) is 2.70. The smallest absolute Gasteiger partial charge is 0.418 e. The van der Waals surface area contributed by atoms with E-state index >= 15 is 0 Å². The molecule has 2 aliphatic rings. The van der Waals surface area contributed by atoms with Gasteiger partial charge >= 0.3 is 41.2 Å². The van der Waals surface area contributed by atoms with Gasteiger partial charge in [-0.05, 0) is 18.3 Å². The Hall–Kier alpha value is -0.542. The molecule has 16 heteroatoms. The van der Waals surface area contributed by atoms with E-state index in [1.807, 2.05) is 0 Å². The molecule has 2 bridgehead atoms. The largest absolute Gasteiger partial charge is 3.00 e. The second-order valence-electron chi connectivity index (χ2n) is 3.82. The van der Waals surface area contributed by atoms with Crippen LogP contribution in [0.25, 0.3) is 0 Å². The van der Waals surface area contributed by atoms with Gasteiger partial charge in [-0.3, -0.25) is 0 Å². The van der Waals surface area contributed by atoms with Gasteiger partial charge in [-0.15, -0.1) is 0 Å². The summed E-state index contributed by atoms with van der Waals surface area (Å²) < 4.78 is 117. The molecule has 138 valence electrons. The van der Waals surface area contributed by atoms with E-state index in [0.717, 1.165) is 11.8 Å². The molecule has 0 radical (unpaired) electrons. The van der Waals surface area contributed by atoms with Crippen molar-refractivity contribution in [3.05, 3.63) is 24.3 Å². The Balaban J connectivity index is -0.000000233. The molecule has 0 aliphatic heterocycles. The molecule has 23 heavy (non-hydrogen) atoms. The molecule has 0 saturated heterocycles. The average molecular weight is 455 g/mol. The van der Waals surface area contributed by atoms with Crippen molar-refractivity contribution in [2.24, 2.45) is 11.8 Å². The zero-order valence-electron chi connectivity index (χ0n) is 10.8. The summed E-state index contributed by atoms with van der Waals surface area (Å²) in [6.45, 7) is 0. The summed E-state index contributed by atoms with van der Waals surface area (Å²) in [4.78, 5) is 0. The molecule has 0 aromatic carbocycles. The maximum Gasteiger partial charge on any atom is 3.00 e. The Labute approximate surface area is 136 Å². The van der Waals surface area contributed by atoms with Gasteiger partial charge in [0, 0.05) is 0 Å². The molecule has 0 heterocycles. The van der Waals surface area contributed by atoms with E-state index in [0.29, 0.717) is 0 Å². The number of rotatable bonds is 0. The molecular formula is C7H8B3F12Rh. The summed E-state index contributed by atoms with van der Waals surface area (Å²) in [5.41, 5.74) is 0. The zero-order valence-corrected chi connectivity index (χ0v) is 12.4. The Morgan fingerprint density at radius 3 is 0.652 bits per heavy atom. The first-order valence-corrected chi connectivity index (χ1v) is 5.44. The minimum absolute atomic E-state index is 0. The number of halogens is 12. The van der Waals surface area contributed by atoms with Crippen molar-refractivity contribution in [3.63, 3.8) is 0 Å². The van der Waals surface area contributed by atoms with Crippen LogP contribution in [0.4, 0.5) is 51.8 Å². The van der Waals surface area contributed by atoms with Crippen molar-refractivity contribution in [2.45, 2.75) is 6.42 Å². The topological polar surface area (TPSA) is 0 Å². The monoisotopic (exact) mass is 456 g/mol. The van der Waals surface area contributed by atoms with Gasteiger partial charge in [0.2, 0.25) is 0 Å². The summed E-state index contributed by atoms with van der Waals surface area (Å²) >= 11 is 0. The molecule has 2 rings (SSSR count). The minimum atomic E-state index is -6.00. The first-order chi connectivity index (χ1) is 9.45. The number of allylic oxidation sites excluding steroid dienone is 4. The van der Waals surface area contributed by atoms with Gasteiger partial charge in [0.1, 0.15) is 0 Å². The minimum Gasteiger partial charge on any atom is -0.418 e. The summed E-state index contributed by atoms with van der Waals surface area (Å²) in [5, 5.41) is 0. The van der Waals surface area contributed by atoms with Crippen LogP contribution in [0.5, 0.6) is 0 Å². The third-order valence-corrected chi connectivity index (χ3v) is 1.76. The van der Waals surface area contributed by atoms with Crippen molar-refractivity contribution in [2.75, 3.05) is 0 Å². The third-order valence-electron chi connectivity index (χ3n) is 1.76. The van der Waals surface area contributed by atoms with Crippen molar-refractivity contribution >= 4 is 21.8 Å². The summed E-state index contributed by atoms with van der Waals surface area (Å²) in [6, 6.07) is 0. The second-order valence-corrected chi connectivity index (χ2v) is 3.82. The number of hydrogen-bond acceptors (Lipinski definition) is 0. The normalized spacial score (nSPS) is 21.0. The zero-order chi connectivity index (χ0) is 18.2. The maximum atomic E-state index is 9.75. The molecular weight excluding hydrogens is 447 g/mol. The molecule has 2 aliphatic carbocycles. The van der Waals surface area contributed by atoms with Crippen molar-refractivity contribution < 1.29 is 71.3 Å². The van der Waals surface area contributed by atoms with E-state index < -0.39 is 21.8 Å². The molecule has 0 unspecified atom stereocenters. The molecule has 0 fully saturated rings.